The number of nitrogens with one attached hydrogen (secondary N) is 1. The van der Waals surface area contributed by atoms with E-state index in [1.807, 2.05) is 0 Å². The van der Waals surface area contributed by atoms with E-state index < -0.39 is 17.6 Å². The molecule has 2 rings (SSSR count). The molecule has 0 radical (unpaired) electrons. The predicted molar refractivity (Wildman–Crippen MR) is 80.2 cm³/mol. The van der Waals surface area contributed by atoms with Gasteiger partial charge in [0.2, 0.25) is 5.91 Å². The zero-order valence-corrected chi connectivity index (χ0v) is 12.8. The van der Waals surface area contributed by atoms with Gasteiger partial charge in [0.15, 0.2) is 17.3 Å². The zero-order chi connectivity index (χ0) is 16.8. The minimum absolute atomic E-state index is 0.0439. The lowest BCUT2D eigenvalue weighted by Crippen LogP contribution is -2.22. The van der Waals surface area contributed by atoms with Crippen LogP contribution in [0.1, 0.15) is 33.9 Å². The van der Waals surface area contributed by atoms with Crippen molar-refractivity contribution in [1.82, 2.24) is 10.3 Å². The highest BCUT2D eigenvalue weighted by Gasteiger charge is 2.09. The highest BCUT2D eigenvalue weighted by atomic mass is 32.1. The van der Waals surface area contributed by atoms with E-state index in [0.29, 0.717) is 23.4 Å². The van der Waals surface area contributed by atoms with E-state index in [4.69, 9.17) is 5.11 Å². The summed E-state index contributed by atoms with van der Waals surface area (Å²) in [4.78, 5) is 26.2. The summed E-state index contributed by atoms with van der Waals surface area (Å²) in [6, 6.07) is 3.67. The van der Waals surface area contributed by atoms with Gasteiger partial charge in [-0.15, -0.1) is 11.3 Å². The van der Waals surface area contributed by atoms with E-state index in [1.54, 1.807) is 0 Å². The first-order valence-electron chi connectivity index (χ1n) is 6.84. The number of hydrogen-bond acceptors (Lipinski definition) is 4. The fraction of sp³-hybridized carbons (Fsp3) is 0.267. The molecule has 0 aliphatic carbocycles. The van der Waals surface area contributed by atoms with Gasteiger partial charge < -0.3 is 10.4 Å². The summed E-state index contributed by atoms with van der Waals surface area (Å²) in [7, 11) is 0. The number of carboxylic acids is 1. The molecular weight excluding hydrogens is 326 g/mol. The minimum Gasteiger partial charge on any atom is -0.476 e. The van der Waals surface area contributed by atoms with Crippen molar-refractivity contribution in [3.63, 3.8) is 0 Å². The Hall–Kier alpha value is -2.35. The van der Waals surface area contributed by atoms with Gasteiger partial charge in [0.25, 0.3) is 0 Å². The van der Waals surface area contributed by atoms with Crippen molar-refractivity contribution < 1.29 is 23.5 Å². The molecule has 0 aliphatic rings. The van der Waals surface area contributed by atoms with Gasteiger partial charge in [-0.05, 0) is 30.5 Å². The first kappa shape index (κ1) is 17.0. The summed E-state index contributed by atoms with van der Waals surface area (Å²) >= 11 is 1.16. The molecule has 0 bridgehead atoms. The van der Waals surface area contributed by atoms with Crippen LogP contribution in [0.15, 0.2) is 23.6 Å². The fourth-order valence-electron chi connectivity index (χ4n) is 1.90. The normalized spacial score (nSPS) is 10.5. The summed E-state index contributed by atoms with van der Waals surface area (Å²) < 4.78 is 25.8. The van der Waals surface area contributed by atoms with Crippen molar-refractivity contribution in [1.29, 1.82) is 0 Å². The molecule has 0 saturated heterocycles. The molecule has 2 N–H and O–H groups in total. The highest BCUT2D eigenvalue weighted by Crippen LogP contribution is 2.12. The number of thiazole rings is 1. The second-order valence-corrected chi connectivity index (χ2v) is 5.75. The van der Waals surface area contributed by atoms with E-state index >= 15 is 0 Å². The Bertz CT molecular complexity index is 718. The topological polar surface area (TPSA) is 79.3 Å². The maximum atomic E-state index is 13.0. The van der Waals surface area contributed by atoms with Crippen molar-refractivity contribution in [3.8, 4) is 0 Å². The summed E-state index contributed by atoms with van der Waals surface area (Å²) in [5.41, 5.74) is 0.584. The lowest BCUT2D eigenvalue weighted by Gasteiger charge is -2.04. The van der Waals surface area contributed by atoms with Gasteiger partial charge in [-0.2, -0.15) is 0 Å². The van der Waals surface area contributed by atoms with E-state index in [1.165, 1.54) is 11.4 Å². The molecular formula is C15H14F2N2O3S. The molecule has 8 heteroatoms. The highest BCUT2D eigenvalue weighted by molar-refractivity contribution is 7.09. The maximum Gasteiger partial charge on any atom is 0.355 e. The average Bonchev–Trinajstić information content (AvgIpc) is 2.98. The Kier molecular flexibility index (Phi) is 5.75. The summed E-state index contributed by atoms with van der Waals surface area (Å²) in [5.74, 6) is -3.11. The van der Waals surface area contributed by atoms with Crippen molar-refractivity contribution in [3.05, 3.63) is 51.5 Å². The number of carbonyl (C=O) groups is 2. The number of halogens is 2. The summed E-state index contributed by atoms with van der Waals surface area (Å²) in [6.45, 7) is 0.169. The lowest BCUT2D eigenvalue weighted by molar-refractivity contribution is -0.121. The SMILES string of the molecule is O=C(CCCc1ccc(F)c(F)c1)NCc1nc(C(=O)O)cs1. The van der Waals surface area contributed by atoms with Crippen LogP contribution in [0.25, 0.3) is 0 Å². The van der Waals surface area contributed by atoms with E-state index in [9.17, 15) is 18.4 Å². The molecule has 0 saturated carbocycles. The largest absolute Gasteiger partial charge is 0.476 e. The molecule has 1 aromatic carbocycles. The van der Waals surface area contributed by atoms with Crippen molar-refractivity contribution in [2.45, 2.75) is 25.8 Å². The van der Waals surface area contributed by atoms with Crippen molar-refractivity contribution >= 4 is 23.2 Å². The second kappa shape index (κ2) is 7.77. The van der Waals surface area contributed by atoms with Crippen LogP contribution in [-0.2, 0) is 17.8 Å². The second-order valence-electron chi connectivity index (χ2n) is 4.81. The van der Waals surface area contributed by atoms with Crippen LogP contribution < -0.4 is 5.32 Å². The van der Waals surface area contributed by atoms with E-state index in [2.05, 4.69) is 10.3 Å². The zero-order valence-electron chi connectivity index (χ0n) is 12.0. The molecule has 122 valence electrons. The van der Waals surface area contributed by atoms with Gasteiger partial charge in [-0.25, -0.2) is 18.6 Å². The quantitative estimate of drug-likeness (QED) is 0.812. The smallest absolute Gasteiger partial charge is 0.355 e. The Balaban J connectivity index is 1.72. The molecule has 0 aliphatic heterocycles. The Morgan fingerprint density at radius 1 is 1.26 bits per heavy atom. The third kappa shape index (κ3) is 5.10. The third-order valence-electron chi connectivity index (χ3n) is 3.06. The Labute approximate surface area is 135 Å². The van der Waals surface area contributed by atoms with Crippen LogP contribution in [0.5, 0.6) is 0 Å². The van der Waals surface area contributed by atoms with Crippen LogP contribution in [0.4, 0.5) is 8.78 Å². The Morgan fingerprint density at radius 2 is 2.04 bits per heavy atom. The van der Waals surface area contributed by atoms with E-state index in [0.717, 1.165) is 23.5 Å². The molecule has 23 heavy (non-hydrogen) atoms. The number of nitrogens with zero attached hydrogens (tertiary/aromatic N) is 1. The van der Waals surface area contributed by atoms with Gasteiger partial charge in [0, 0.05) is 11.8 Å². The molecule has 0 spiro atoms. The van der Waals surface area contributed by atoms with Crippen LogP contribution in [0.3, 0.4) is 0 Å². The van der Waals surface area contributed by atoms with Gasteiger partial charge in [-0.3, -0.25) is 4.79 Å². The van der Waals surface area contributed by atoms with Gasteiger partial charge in [0.05, 0.1) is 6.54 Å². The lowest BCUT2D eigenvalue weighted by atomic mass is 10.1. The summed E-state index contributed by atoms with van der Waals surface area (Å²) in [6.07, 6.45) is 1.19. The summed E-state index contributed by atoms with van der Waals surface area (Å²) in [5, 5.41) is 13.3. The molecule has 5 nitrogen and oxygen atoms in total. The maximum absolute atomic E-state index is 13.0. The number of aromatic nitrogens is 1. The standard InChI is InChI=1S/C15H14F2N2O3S/c16-10-5-4-9(6-11(10)17)2-1-3-13(20)18-7-14-19-12(8-23-14)15(21)22/h4-6,8H,1-3,7H2,(H,18,20)(H,21,22). The fourth-order valence-corrected chi connectivity index (χ4v) is 2.61. The molecule has 1 heterocycles. The van der Waals surface area contributed by atoms with Gasteiger partial charge in [0.1, 0.15) is 5.01 Å². The van der Waals surface area contributed by atoms with Crippen molar-refractivity contribution in [2.24, 2.45) is 0 Å². The number of hydrogen-bond donors (Lipinski definition) is 2. The van der Waals surface area contributed by atoms with Crippen LogP contribution in [0, 0.1) is 11.6 Å². The first-order chi connectivity index (χ1) is 11.0. The van der Waals surface area contributed by atoms with E-state index in [-0.39, 0.29) is 24.6 Å². The van der Waals surface area contributed by atoms with Crippen LogP contribution >= 0.6 is 11.3 Å². The number of amides is 1. The molecule has 0 unspecified atom stereocenters. The number of benzene rings is 1. The molecule has 1 amide bonds. The number of rotatable bonds is 7. The third-order valence-corrected chi connectivity index (χ3v) is 3.91. The van der Waals surface area contributed by atoms with Crippen molar-refractivity contribution in [2.75, 3.05) is 0 Å². The number of aromatic carboxylic acids is 1. The number of aryl methyl sites for hydroxylation is 1. The molecule has 1 aromatic heterocycles. The number of carboxylic acid groups (broad SMARTS) is 1. The van der Waals surface area contributed by atoms with Crippen LogP contribution in [-0.4, -0.2) is 22.0 Å². The molecule has 0 atom stereocenters. The van der Waals surface area contributed by atoms with Gasteiger partial charge in [-0.1, -0.05) is 6.07 Å². The Morgan fingerprint density at radius 3 is 2.70 bits per heavy atom. The average molecular weight is 340 g/mol. The van der Waals surface area contributed by atoms with Crippen LogP contribution in [0.2, 0.25) is 0 Å². The van der Waals surface area contributed by atoms with Gasteiger partial charge >= 0.3 is 5.97 Å². The number of carbonyl (C=O) groups excluding carboxylic acids is 1. The molecule has 2 aromatic rings. The molecule has 0 fully saturated rings. The monoisotopic (exact) mass is 340 g/mol. The minimum atomic E-state index is -1.11. The first-order valence-corrected chi connectivity index (χ1v) is 7.72. The predicted octanol–water partition coefficient (Wildman–Crippen LogP) is 2.76.